The summed E-state index contributed by atoms with van der Waals surface area (Å²) >= 11 is 0. The first kappa shape index (κ1) is 26.1. The smallest absolute Gasteiger partial charge is 0.272 e. The molecule has 1 aliphatic carbocycles. The third kappa shape index (κ3) is 5.58. The fourth-order valence-electron chi connectivity index (χ4n) is 4.95. The van der Waals surface area contributed by atoms with Crippen molar-refractivity contribution in [3.63, 3.8) is 0 Å². The molecule has 2 aliphatic rings. The van der Waals surface area contributed by atoms with E-state index in [-0.39, 0.29) is 55.6 Å². The molecule has 0 bridgehead atoms. The summed E-state index contributed by atoms with van der Waals surface area (Å²) in [5.41, 5.74) is 2.89. The van der Waals surface area contributed by atoms with Crippen molar-refractivity contribution in [3.05, 3.63) is 90.1 Å². The van der Waals surface area contributed by atoms with Crippen LogP contribution in [0.3, 0.4) is 0 Å². The molecule has 2 atom stereocenters. The number of aromatic nitrogens is 4. The van der Waals surface area contributed by atoms with E-state index in [1.165, 1.54) is 22.7 Å². The third-order valence-electron chi connectivity index (χ3n) is 7.26. The molecular formula is C28H28FN7O3S. The Bertz CT molecular complexity index is 1620. The first-order valence-electron chi connectivity index (χ1n) is 13.0. The minimum Gasteiger partial charge on any atom is -0.367 e. The molecule has 1 aliphatic heterocycles. The van der Waals surface area contributed by atoms with Crippen LogP contribution in [0.2, 0.25) is 0 Å². The summed E-state index contributed by atoms with van der Waals surface area (Å²) in [7, 11) is -3.31. The zero-order chi connectivity index (χ0) is 27.9. The van der Waals surface area contributed by atoms with Gasteiger partial charge in [-0.15, -0.1) is 0 Å². The van der Waals surface area contributed by atoms with Crippen molar-refractivity contribution < 1.29 is 17.6 Å². The van der Waals surface area contributed by atoms with Gasteiger partial charge in [0.1, 0.15) is 17.3 Å². The van der Waals surface area contributed by atoms with Crippen LogP contribution in [0, 0.1) is 5.82 Å². The molecule has 2 aromatic heterocycles. The number of carbonyl (C=O) groups is 1. The summed E-state index contributed by atoms with van der Waals surface area (Å²) in [5.74, 6) is 0.589. The molecule has 1 N–H and O–H groups in total. The van der Waals surface area contributed by atoms with Crippen LogP contribution >= 0.6 is 0 Å². The van der Waals surface area contributed by atoms with Crippen LogP contribution in [0.15, 0.2) is 73.1 Å². The van der Waals surface area contributed by atoms with Gasteiger partial charge in [-0.05, 0) is 54.4 Å². The summed E-state index contributed by atoms with van der Waals surface area (Å²) in [6.07, 6.45) is 5.59. The first-order valence-corrected chi connectivity index (χ1v) is 14.9. The number of sulfonamides is 1. The molecule has 12 heteroatoms. The van der Waals surface area contributed by atoms with Gasteiger partial charge in [-0.1, -0.05) is 12.1 Å². The Labute approximate surface area is 231 Å². The van der Waals surface area contributed by atoms with Gasteiger partial charge in [0.25, 0.3) is 5.91 Å². The van der Waals surface area contributed by atoms with Crippen LogP contribution < -0.4 is 5.32 Å². The lowest BCUT2D eigenvalue weighted by molar-refractivity contribution is 0.0692. The van der Waals surface area contributed by atoms with Gasteiger partial charge in [0.2, 0.25) is 10.0 Å². The van der Waals surface area contributed by atoms with E-state index < -0.39 is 10.0 Å². The van der Waals surface area contributed by atoms with Crippen molar-refractivity contribution in [2.45, 2.75) is 18.4 Å². The number of hydrogen-bond donors (Lipinski definition) is 1. The maximum atomic E-state index is 13.5. The van der Waals surface area contributed by atoms with E-state index in [2.05, 4.69) is 15.4 Å². The molecule has 0 unspecified atom stereocenters. The predicted octanol–water partition coefficient (Wildman–Crippen LogP) is 3.15. The number of benzene rings is 2. The second-order valence-corrected chi connectivity index (χ2v) is 12.0. The first-order chi connectivity index (χ1) is 19.2. The zero-order valence-electron chi connectivity index (χ0n) is 21.8. The van der Waals surface area contributed by atoms with Gasteiger partial charge in [-0.25, -0.2) is 27.5 Å². The lowest BCUT2D eigenvalue weighted by Crippen LogP contribution is -2.50. The Kier molecular flexibility index (Phi) is 6.80. The SMILES string of the molecule is CS(=O)(=O)N1CCN(C(=O)c2cc(N[C@@H]3C[C@H]3c3ccc(F)cc3)nc(-c3ccc(-n4cccn4)cc3)n2)CC1. The average Bonchev–Trinajstić information content (AvgIpc) is 3.49. The maximum absolute atomic E-state index is 13.5. The summed E-state index contributed by atoms with van der Waals surface area (Å²) in [5, 5.41) is 7.68. The highest BCUT2D eigenvalue weighted by molar-refractivity contribution is 7.88. The minimum atomic E-state index is -3.31. The van der Waals surface area contributed by atoms with E-state index in [0.29, 0.717) is 11.6 Å². The Morgan fingerprint density at radius 3 is 2.38 bits per heavy atom. The lowest BCUT2D eigenvalue weighted by atomic mass is 10.1. The van der Waals surface area contributed by atoms with Crippen molar-refractivity contribution in [2.24, 2.45) is 0 Å². The Balaban J connectivity index is 1.26. The standard InChI is InChI=1S/C28H28FN7O3S/c1-40(38,39)35-15-13-34(14-16-35)28(37)25-18-26(31-24-17-23(24)19-3-7-21(29)8-4-19)33-27(32-25)20-5-9-22(10-6-20)36-12-2-11-30-36/h2-12,18,23-24H,13-17H2,1H3,(H,31,32,33)/t23-,24+/m0/s1. The Hall–Kier alpha value is -4.16. The van der Waals surface area contributed by atoms with Crippen LogP contribution in [0.1, 0.15) is 28.4 Å². The van der Waals surface area contributed by atoms with Gasteiger partial charge >= 0.3 is 0 Å². The monoisotopic (exact) mass is 561 g/mol. The Morgan fingerprint density at radius 2 is 1.73 bits per heavy atom. The van der Waals surface area contributed by atoms with E-state index in [1.807, 2.05) is 36.5 Å². The number of anilines is 1. The predicted molar refractivity (Wildman–Crippen MR) is 148 cm³/mol. The number of nitrogens with zero attached hydrogens (tertiary/aromatic N) is 6. The summed E-state index contributed by atoms with van der Waals surface area (Å²) in [4.78, 5) is 24.5. The molecule has 1 saturated carbocycles. The molecular weight excluding hydrogens is 533 g/mol. The number of hydrogen-bond acceptors (Lipinski definition) is 7. The molecule has 40 heavy (non-hydrogen) atoms. The number of piperazine rings is 1. The van der Waals surface area contributed by atoms with Crippen molar-refractivity contribution in [1.29, 1.82) is 0 Å². The molecule has 1 amide bonds. The number of rotatable bonds is 7. The number of carbonyl (C=O) groups excluding carboxylic acids is 1. The van der Waals surface area contributed by atoms with Crippen molar-refractivity contribution in [1.82, 2.24) is 29.0 Å². The summed E-state index contributed by atoms with van der Waals surface area (Å²) in [6.45, 7) is 1.04. The highest BCUT2D eigenvalue weighted by Crippen LogP contribution is 2.42. The summed E-state index contributed by atoms with van der Waals surface area (Å²) in [6, 6.07) is 17.7. The van der Waals surface area contributed by atoms with E-state index in [1.54, 1.807) is 34.0 Å². The second-order valence-electron chi connectivity index (χ2n) is 10.1. The topological polar surface area (TPSA) is 113 Å². The molecule has 4 aromatic rings. The molecule has 0 radical (unpaired) electrons. The highest BCUT2D eigenvalue weighted by atomic mass is 32.2. The molecule has 2 aromatic carbocycles. The second kappa shape index (κ2) is 10.4. The Morgan fingerprint density at radius 1 is 1.00 bits per heavy atom. The van der Waals surface area contributed by atoms with Crippen molar-refractivity contribution >= 4 is 21.7 Å². The third-order valence-corrected chi connectivity index (χ3v) is 8.56. The summed E-state index contributed by atoms with van der Waals surface area (Å²) < 4.78 is 40.3. The van der Waals surface area contributed by atoms with E-state index >= 15 is 0 Å². The van der Waals surface area contributed by atoms with Crippen molar-refractivity contribution in [2.75, 3.05) is 37.8 Å². The fourth-order valence-corrected chi connectivity index (χ4v) is 5.78. The molecule has 6 rings (SSSR count). The van der Waals surface area contributed by atoms with Gasteiger partial charge in [0, 0.05) is 62.2 Å². The lowest BCUT2D eigenvalue weighted by Gasteiger charge is -2.33. The quantitative estimate of drug-likeness (QED) is 0.369. The number of nitrogens with one attached hydrogen (secondary N) is 1. The van der Waals surface area contributed by atoms with Crippen LogP contribution in [-0.2, 0) is 10.0 Å². The van der Waals surface area contributed by atoms with E-state index in [4.69, 9.17) is 4.98 Å². The van der Waals surface area contributed by atoms with Crippen LogP contribution in [0.25, 0.3) is 17.1 Å². The number of amides is 1. The molecule has 10 nitrogen and oxygen atoms in total. The average molecular weight is 562 g/mol. The van der Waals surface area contributed by atoms with Gasteiger partial charge in [-0.2, -0.15) is 9.40 Å². The van der Waals surface area contributed by atoms with Gasteiger partial charge in [-0.3, -0.25) is 4.79 Å². The van der Waals surface area contributed by atoms with E-state index in [0.717, 1.165) is 23.2 Å². The fraction of sp³-hybridized carbons (Fsp3) is 0.286. The van der Waals surface area contributed by atoms with E-state index in [9.17, 15) is 17.6 Å². The molecule has 2 fully saturated rings. The molecule has 206 valence electrons. The van der Waals surface area contributed by atoms with Gasteiger partial charge in [0.15, 0.2) is 5.82 Å². The normalized spacial score (nSPS) is 19.4. The maximum Gasteiger partial charge on any atom is 0.272 e. The number of halogens is 1. The van der Waals surface area contributed by atoms with Crippen LogP contribution in [0.5, 0.6) is 0 Å². The highest BCUT2D eigenvalue weighted by Gasteiger charge is 2.39. The van der Waals surface area contributed by atoms with Crippen LogP contribution in [-0.4, -0.2) is 81.8 Å². The largest absolute Gasteiger partial charge is 0.367 e. The molecule has 1 saturated heterocycles. The zero-order valence-corrected chi connectivity index (χ0v) is 22.6. The van der Waals surface area contributed by atoms with Gasteiger partial charge < -0.3 is 10.2 Å². The van der Waals surface area contributed by atoms with Crippen molar-refractivity contribution in [3.8, 4) is 17.1 Å². The molecule has 3 heterocycles. The minimum absolute atomic E-state index is 0.0941. The van der Waals surface area contributed by atoms with Crippen LogP contribution in [0.4, 0.5) is 10.2 Å². The molecule has 0 spiro atoms. The van der Waals surface area contributed by atoms with Gasteiger partial charge in [0.05, 0.1) is 11.9 Å².